The van der Waals surface area contributed by atoms with Crippen LogP contribution in [0.5, 0.6) is 0 Å². The van der Waals surface area contributed by atoms with Crippen molar-refractivity contribution in [2.24, 2.45) is 22.5 Å². The average molecular weight is 252 g/mol. The molecule has 8 nitrogen and oxygen atoms in total. The molecule has 0 saturated carbocycles. The Balaban J connectivity index is 2.83. The van der Waals surface area contributed by atoms with Crippen molar-refractivity contribution in [2.45, 2.75) is 5.91 Å². The monoisotopic (exact) mass is 252 g/mol. The molecule has 1 aromatic rings. The molecule has 0 aromatic heterocycles. The Morgan fingerprint density at radius 2 is 1.56 bits per heavy atom. The summed E-state index contributed by atoms with van der Waals surface area (Å²) in [6, 6.07) is 7.80. The molecular formula is C10H20N8. The fourth-order valence-corrected chi connectivity index (χ4v) is 1.27. The van der Waals surface area contributed by atoms with E-state index in [0.29, 0.717) is 0 Å². The van der Waals surface area contributed by atoms with E-state index in [1.807, 2.05) is 43.3 Å². The van der Waals surface area contributed by atoms with E-state index in [-0.39, 0.29) is 0 Å². The second kappa shape index (κ2) is 6.40. The first kappa shape index (κ1) is 14.5. The highest BCUT2D eigenvalue weighted by Gasteiger charge is 2.22. The molecule has 9 N–H and O–H groups in total. The van der Waals surface area contributed by atoms with Crippen LogP contribution in [0.2, 0.25) is 0 Å². The summed E-state index contributed by atoms with van der Waals surface area (Å²) >= 11 is 0. The summed E-state index contributed by atoms with van der Waals surface area (Å²) in [6.45, 7) is 0. The third-order valence-corrected chi connectivity index (χ3v) is 2.44. The number of hydrogen-bond donors (Lipinski definition) is 6. The molecule has 0 saturated heterocycles. The highest BCUT2D eigenvalue weighted by molar-refractivity contribution is 5.80. The van der Waals surface area contributed by atoms with Crippen LogP contribution in [0, 0.1) is 0 Å². The zero-order valence-corrected chi connectivity index (χ0v) is 10.5. The lowest BCUT2D eigenvalue weighted by atomic mass is 10.2. The molecule has 0 heterocycles. The number of nitrogens with zero attached hydrogens (tertiary/aromatic N) is 2. The van der Waals surface area contributed by atoms with Crippen LogP contribution in [0.25, 0.3) is 0 Å². The quantitative estimate of drug-likeness (QED) is 0.152. The van der Waals surface area contributed by atoms with Crippen LogP contribution in [-0.4, -0.2) is 26.2 Å². The van der Waals surface area contributed by atoms with Gasteiger partial charge in [0.05, 0.1) is 0 Å². The highest BCUT2D eigenvalue weighted by Crippen LogP contribution is 2.11. The van der Waals surface area contributed by atoms with E-state index in [1.54, 1.807) is 6.21 Å². The molecule has 0 aliphatic rings. The van der Waals surface area contributed by atoms with Gasteiger partial charge in [-0.05, 0) is 17.7 Å². The van der Waals surface area contributed by atoms with Gasteiger partial charge in [-0.3, -0.25) is 17.5 Å². The van der Waals surface area contributed by atoms with E-state index in [4.69, 9.17) is 17.5 Å². The van der Waals surface area contributed by atoms with Gasteiger partial charge in [-0.15, -0.1) is 0 Å². The van der Waals surface area contributed by atoms with Crippen LogP contribution in [0.1, 0.15) is 5.56 Å². The Bertz CT molecular complexity index is 373. The van der Waals surface area contributed by atoms with Gasteiger partial charge in [0.25, 0.3) is 5.91 Å². The van der Waals surface area contributed by atoms with Crippen molar-refractivity contribution in [2.75, 3.05) is 19.0 Å². The Hall–Kier alpha value is -1.55. The first-order valence-electron chi connectivity index (χ1n) is 5.33. The topological polar surface area (TPSA) is 130 Å². The number of anilines is 1. The Kier molecular flexibility index (Phi) is 5.16. The fourth-order valence-electron chi connectivity index (χ4n) is 1.27. The number of hydrazine groups is 3. The summed E-state index contributed by atoms with van der Waals surface area (Å²) in [7, 11) is 3.95. The molecule has 0 radical (unpaired) electrons. The van der Waals surface area contributed by atoms with Gasteiger partial charge in [0.2, 0.25) is 0 Å². The summed E-state index contributed by atoms with van der Waals surface area (Å²) in [4.78, 5) is 6.12. The smallest absolute Gasteiger partial charge is 0.260 e. The molecule has 0 bridgehead atoms. The highest BCUT2D eigenvalue weighted by atomic mass is 15.6. The summed E-state index contributed by atoms with van der Waals surface area (Å²) < 4.78 is 0. The van der Waals surface area contributed by atoms with Gasteiger partial charge in [0.15, 0.2) is 0 Å². The summed E-state index contributed by atoms with van der Waals surface area (Å²) in [5.74, 6) is 14.6. The van der Waals surface area contributed by atoms with Crippen LogP contribution < -0.4 is 38.7 Å². The molecule has 0 amide bonds. The van der Waals surface area contributed by atoms with Crippen molar-refractivity contribution in [3.63, 3.8) is 0 Å². The number of nitrogens with two attached hydrogens (primary N) is 3. The standard InChI is InChI=1S/C10H20N8/c1-18(2)9-5-3-8(4-6-9)7-14-10(15-11,16-12)17-13/h3-7,15-17H,11-13H2,1-2H3/b14-7+. The van der Waals surface area contributed by atoms with Crippen molar-refractivity contribution in [1.82, 2.24) is 16.3 Å². The largest absolute Gasteiger partial charge is 0.378 e. The molecule has 0 atom stereocenters. The van der Waals surface area contributed by atoms with Gasteiger partial charge in [-0.1, -0.05) is 12.1 Å². The molecular weight excluding hydrogens is 232 g/mol. The minimum Gasteiger partial charge on any atom is -0.378 e. The van der Waals surface area contributed by atoms with Gasteiger partial charge in [0, 0.05) is 26.0 Å². The van der Waals surface area contributed by atoms with E-state index in [2.05, 4.69) is 21.3 Å². The van der Waals surface area contributed by atoms with E-state index >= 15 is 0 Å². The van der Waals surface area contributed by atoms with Crippen molar-refractivity contribution in [1.29, 1.82) is 0 Å². The molecule has 0 unspecified atom stereocenters. The van der Waals surface area contributed by atoms with Gasteiger partial charge >= 0.3 is 0 Å². The summed E-state index contributed by atoms with van der Waals surface area (Å²) in [5.41, 5.74) is 9.00. The number of rotatable bonds is 6. The van der Waals surface area contributed by atoms with Crippen molar-refractivity contribution < 1.29 is 0 Å². The molecule has 0 aliphatic heterocycles. The zero-order valence-electron chi connectivity index (χ0n) is 10.5. The summed E-state index contributed by atoms with van der Waals surface area (Å²) in [5, 5.41) is 0. The van der Waals surface area contributed by atoms with Gasteiger partial charge < -0.3 is 4.90 Å². The Morgan fingerprint density at radius 1 is 1.06 bits per heavy atom. The molecule has 0 spiro atoms. The van der Waals surface area contributed by atoms with E-state index in [1.165, 1.54) is 0 Å². The lowest BCUT2D eigenvalue weighted by Crippen LogP contribution is -2.71. The van der Waals surface area contributed by atoms with Crippen LogP contribution in [0.3, 0.4) is 0 Å². The van der Waals surface area contributed by atoms with Gasteiger partial charge in [-0.2, -0.15) is 0 Å². The second-order valence-corrected chi connectivity index (χ2v) is 3.89. The Morgan fingerprint density at radius 3 is 1.94 bits per heavy atom. The van der Waals surface area contributed by atoms with Crippen LogP contribution in [0.4, 0.5) is 5.69 Å². The molecule has 1 aromatic carbocycles. The van der Waals surface area contributed by atoms with Crippen molar-refractivity contribution in [3.05, 3.63) is 29.8 Å². The minimum atomic E-state index is -1.29. The number of aliphatic imine (C=N–C) groups is 1. The molecule has 8 heteroatoms. The third kappa shape index (κ3) is 3.47. The first-order chi connectivity index (χ1) is 8.56. The van der Waals surface area contributed by atoms with Crippen molar-refractivity contribution in [3.8, 4) is 0 Å². The summed E-state index contributed by atoms with van der Waals surface area (Å²) in [6.07, 6.45) is 1.60. The molecule has 100 valence electrons. The maximum absolute atomic E-state index is 5.30. The average Bonchev–Trinajstić information content (AvgIpc) is 2.41. The third-order valence-electron chi connectivity index (χ3n) is 2.44. The molecule has 0 fully saturated rings. The van der Waals surface area contributed by atoms with Crippen molar-refractivity contribution >= 4 is 11.9 Å². The number of nitrogens with one attached hydrogen (secondary N) is 3. The molecule has 1 rings (SSSR count). The van der Waals surface area contributed by atoms with E-state index < -0.39 is 5.91 Å². The van der Waals surface area contributed by atoms with Gasteiger partial charge in [-0.25, -0.2) is 21.3 Å². The first-order valence-corrected chi connectivity index (χ1v) is 5.33. The molecule has 18 heavy (non-hydrogen) atoms. The van der Waals surface area contributed by atoms with E-state index in [0.717, 1.165) is 11.3 Å². The Labute approximate surface area is 106 Å². The zero-order chi connectivity index (χ0) is 13.6. The van der Waals surface area contributed by atoms with Crippen LogP contribution in [-0.2, 0) is 0 Å². The number of benzene rings is 1. The fraction of sp³-hybridized carbons (Fsp3) is 0.300. The second-order valence-electron chi connectivity index (χ2n) is 3.89. The SMILES string of the molecule is CN(C)c1ccc(/C=N/C(NN)(NN)NN)cc1. The minimum absolute atomic E-state index is 0.894. The predicted molar refractivity (Wildman–Crippen MR) is 73.1 cm³/mol. The lowest BCUT2D eigenvalue weighted by Gasteiger charge is -2.26. The normalized spacial score (nSPS) is 12.1. The van der Waals surface area contributed by atoms with E-state index in [9.17, 15) is 0 Å². The lowest BCUT2D eigenvalue weighted by molar-refractivity contribution is 0.216. The maximum Gasteiger partial charge on any atom is 0.260 e. The van der Waals surface area contributed by atoms with Gasteiger partial charge in [0.1, 0.15) is 0 Å². The molecule has 0 aliphatic carbocycles. The van der Waals surface area contributed by atoms with Crippen LogP contribution >= 0.6 is 0 Å². The maximum atomic E-state index is 5.30. The van der Waals surface area contributed by atoms with Crippen LogP contribution in [0.15, 0.2) is 29.3 Å². The number of hydrogen-bond acceptors (Lipinski definition) is 8. The predicted octanol–water partition coefficient (Wildman–Crippen LogP) is -1.83.